The fourth-order valence-corrected chi connectivity index (χ4v) is 3.21. The summed E-state index contributed by atoms with van der Waals surface area (Å²) in [5.74, 6) is 0.995. The Balaban J connectivity index is 0.00000192. The summed E-state index contributed by atoms with van der Waals surface area (Å²) in [6.45, 7) is 17.1. The van der Waals surface area contributed by atoms with Crippen LogP contribution in [0.15, 0.2) is 47.8 Å². The maximum absolute atomic E-state index is 5.84. The number of nitrogens with zero attached hydrogens (tertiary/aromatic N) is 3. The molecule has 4 heteroatoms. The van der Waals surface area contributed by atoms with Crippen molar-refractivity contribution in [2.75, 3.05) is 61.0 Å². The molecule has 1 saturated heterocycles. The van der Waals surface area contributed by atoms with Crippen LogP contribution in [0.2, 0.25) is 0 Å². The average Bonchev–Trinajstić information content (AvgIpc) is 2.73. The van der Waals surface area contributed by atoms with Gasteiger partial charge in [-0.15, -0.1) is 6.58 Å². The summed E-state index contributed by atoms with van der Waals surface area (Å²) >= 11 is 0. The van der Waals surface area contributed by atoms with Crippen molar-refractivity contribution in [1.29, 1.82) is 0 Å². The number of likely N-dealkylation sites (tertiary alicyclic amines) is 1. The van der Waals surface area contributed by atoms with Crippen LogP contribution >= 0.6 is 0 Å². The molecule has 4 nitrogen and oxygen atoms in total. The maximum Gasteiger partial charge on any atom is 0.0928 e. The van der Waals surface area contributed by atoms with Crippen molar-refractivity contribution in [3.63, 3.8) is 0 Å². The lowest BCUT2D eigenvalue weighted by Gasteiger charge is -2.36. The Morgan fingerprint density at radius 1 is 1.17 bits per heavy atom. The third kappa shape index (κ3) is 13.8. The predicted octanol–water partition coefficient (Wildman–Crippen LogP) is 5.36. The van der Waals surface area contributed by atoms with Gasteiger partial charge >= 0.3 is 0 Å². The second-order valence-electron chi connectivity index (χ2n) is 8.64. The first kappa shape index (κ1) is 28.6. The highest BCUT2D eigenvalue weighted by Crippen LogP contribution is 2.18. The fourth-order valence-electron chi connectivity index (χ4n) is 3.21. The van der Waals surface area contributed by atoms with Gasteiger partial charge in [0.05, 0.1) is 12.4 Å². The van der Waals surface area contributed by atoms with Crippen LogP contribution in [0.25, 0.3) is 0 Å². The molecule has 0 aliphatic carbocycles. The number of allylic oxidation sites excluding steroid dienone is 5. The Morgan fingerprint density at radius 2 is 1.83 bits per heavy atom. The zero-order chi connectivity index (χ0) is 22.9. The molecule has 1 fully saturated rings. The van der Waals surface area contributed by atoms with Crippen LogP contribution in [0.1, 0.15) is 53.4 Å². The molecule has 0 radical (unpaired) electrons. The summed E-state index contributed by atoms with van der Waals surface area (Å²) in [5.41, 5.74) is 2.75. The van der Waals surface area contributed by atoms with Crippen molar-refractivity contribution < 1.29 is 4.74 Å². The number of hydrogen-bond donors (Lipinski definition) is 0. The highest BCUT2D eigenvalue weighted by Gasteiger charge is 2.21. The summed E-state index contributed by atoms with van der Waals surface area (Å²) in [7, 11) is 8.59. The lowest BCUT2D eigenvalue weighted by atomic mass is 10.0. The van der Waals surface area contributed by atoms with E-state index in [1.54, 1.807) is 0 Å². The molecule has 1 unspecified atom stereocenters. The molecule has 0 aromatic rings. The van der Waals surface area contributed by atoms with Crippen molar-refractivity contribution in [2.45, 2.75) is 59.4 Å². The summed E-state index contributed by atoms with van der Waals surface area (Å²) in [5, 5.41) is 0. The minimum atomic E-state index is 0.674. The standard InChI is InChI=1S/C22H41N3O.C4H8/c1-8-19(2)21(13-12-20(3)26-16-10-14-23(4)5)17-25-15-9-11-22(18-25)24(6)7;1-3-4-2/h8,12-13,22H,9-11,14-18H2,1-7H3;3H,1,4H2,2H3/b19-8+,20-12+,21-13-;. The topological polar surface area (TPSA) is 19.0 Å². The molecule has 1 rings (SSSR count). The molecule has 1 aliphatic rings. The monoisotopic (exact) mass is 419 g/mol. The summed E-state index contributed by atoms with van der Waals surface area (Å²) in [4.78, 5) is 7.15. The minimum absolute atomic E-state index is 0.674. The molecule has 0 amide bonds. The number of likely N-dealkylation sites (N-methyl/N-ethyl adjacent to an activating group) is 1. The molecule has 30 heavy (non-hydrogen) atoms. The zero-order valence-corrected chi connectivity index (χ0v) is 21.2. The van der Waals surface area contributed by atoms with Crippen LogP contribution < -0.4 is 0 Å². The molecule has 0 spiro atoms. The highest BCUT2D eigenvalue weighted by atomic mass is 16.5. The molecule has 1 atom stereocenters. The normalized spacial score (nSPS) is 19.0. The smallest absolute Gasteiger partial charge is 0.0928 e. The highest BCUT2D eigenvalue weighted by molar-refractivity contribution is 5.33. The number of hydrogen-bond acceptors (Lipinski definition) is 4. The fraction of sp³-hybridized carbons (Fsp3) is 0.692. The second kappa shape index (κ2) is 17.3. The van der Waals surface area contributed by atoms with Gasteiger partial charge in [-0.1, -0.05) is 30.7 Å². The van der Waals surface area contributed by atoms with Crippen molar-refractivity contribution >= 4 is 0 Å². The molecule has 1 heterocycles. The van der Waals surface area contributed by atoms with Crippen molar-refractivity contribution in [2.24, 2.45) is 0 Å². The van der Waals surface area contributed by atoms with Gasteiger partial charge in [0.25, 0.3) is 0 Å². The van der Waals surface area contributed by atoms with Crippen molar-refractivity contribution in [3.05, 3.63) is 47.8 Å². The summed E-state index contributed by atoms with van der Waals surface area (Å²) in [6, 6.07) is 0.674. The van der Waals surface area contributed by atoms with E-state index in [-0.39, 0.29) is 0 Å². The quantitative estimate of drug-likeness (QED) is 0.194. The molecule has 1 aliphatic heterocycles. The Kier molecular flexibility index (Phi) is 16.5. The number of ether oxygens (including phenoxy) is 1. The predicted molar refractivity (Wildman–Crippen MR) is 134 cm³/mol. The van der Waals surface area contributed by atoms with Gasteiger partial charge in [0.1, 0.15) is 0 Å². The second-order valence-corrected chi connectivity index (χ2v) is 8.64. The van der Waals surface area contributed by atoms with Gasteiger partial charge in [0, 0.05) is 25.7 Å². The Hall–Kier alpha value is -1.36. The van der Waals surface area contributed by atoms with E-state index < -0.39 is 0 Å². The first-order chi connectivity index (χ1) is 14.2. The SMILES string of the molecule is C/C=C(C)/C(=C\C=C(/C)OCCCN(C)C)CN1CCCC(N(C)C)C1.C=CCC. The van der Waals surface area contributed by atoms with Crippen LogP contribution in [-0.2, 0) is 4.74 Å². The van der Waals surface area contributed by atoms with Gasteiger partial charge in [-0.2, -0.15) is 0 Å². The van der Waals surface area contributed by atoms with E-state index in [4.69, 9.17) is 4.74 Å². The van der Waals surface area contributed by atoms with Gasteiger partial charge in [0.15, 0.2) is 0 Å². The average molecular weight is 420 g/mol. The number of piperidine rings is 1. The van der Waals surface area contributed by atoms with Gasteiger partial charge in [-0.05, 0) is 92.8 Å². The Labute approximate surface area is 187 Å². The molecule has 0 saturated carbocycles. The third-order valence-electron chi connectivity index (χ3n) is 5.43. The van der Waals surface area contributed by atoms with Gasteiger partial charge in [-0.3, -0.25) is 4.90 Å². The lowest BCUT2D eigenvalue weighted by molar-refractivity contribution is 0.142. The van der Waals surface area contributed by atoms with Crippen molar-refractivity contribution in [3.8, 4) is 0 Å². The van der Waals surface area contributed by atoms with E-state index in [2.05, 4.69) is 95.4 Å². The minimum Gasteiger partial charge on any atom is -0.498 e. The molecule has 0 N–H and O–H groups in total. The number of rotatable bonds is 11. The van der Waals surface area contributed by atoms with E-state index in [0.29, 0.717) is 6.04 Å². The first-order valence-corrected chi connectivity index (χ1v) is 11.5. The Morgan fingerprint density at radius 3 is 2.37 bits per heavy atom. The molecule has 174 valence electrons. The van der Waals surface area contributed by atoms with Crippen LogP contribution in [-0.4, -0.2) is 81.7 Å². The van der Waals surface area contributed by atoms with Gasteiger partial charge < -0.3 is 14.5 Å². The van der Waals surface area contributed by atoms with Gasteiger partial charge in [-0.25, -0.2) is 0 Å². The Bertz CT molecular complexity index is 546. The lowest BCUT2D eigenvalue weighted by Crippen LogP contribution is -2.45. The van der Waals surface area contributed by atoms with E-state index in [1.807, 2.05) is 6.08 Å². The molecule has 0 aromatic carbocycles. The van der Waals surface area contributed by atoms with Gasteiger partial charge in [0.2, 0.25) is 0 Å². The molecule has 0 aromatic heterocycles. The largest absolute Gasteiger partial charge is 0.498 e. The van der Waals surface area contributed by atoms with E-state index in [9.17, 15) is 0 Å². The van der Waals surface area contributed by atoms with Crippen LogP contribution in [0.4, 0.5) is 0 Å². The van der Waals surface area contributed by atoms with Crippen LogP contribution in [0.3, 0.4) is 0 Å². The van der Waals surface area contributed by atoms with E-state index >= 15 is 0 Å². The van der Waals surface area contributed by atoms with E-state index in [0.717, 1.165) is 44.8 Å². The maximum atomic E-state index is 5.84. The van der Waals surface area contributed by atoms with Crippen molar-refractivity contribution in [1.82, 2.24) is 14.7 Å². The van der Waals surface area contributed by atoms with E-state index in [1.165, 1.54) is 30.5 Å². The molecule has 0 bridgehead atoms. The molecular weight excluding hydrogens is 370 g/mol. The summed E-state index contributed by atoms with van der Waals surface area (Å²) in [6.07, 6.45) is 13.2. The first-order valence-electron chi connectivity index (χ1n) is 11.5. The third-order valence-corrected chi connectivity index (χ3v) is 5.43. The summed E-state index contributed by atoms with van der Waals surface area (Å²) < 4.78 is 5.84. The van der Waals surface area contributed by atoms with Crippen LogP contribution in [0, 0.1) is 0 Å². The zero-order valence-electron chi connectivity index (χ0n) is 21.2. The molecular formula is C26H49N3O. The van der Waals surface area contributed by atoms with Crippen LogP contribution in [0.5, 0.6) is 0 Å².